The third-order valence-corrected chi connectivity index (χ3v) is 6.85. The minimum Gasteiger partial charge on any atom is -0.493 e. The Balaban J connectivity index is 0.000000459. The van der Waals surface area contributed by atoms with E-state index in [4.69, 9.17) is 9.47 Å². The Morgan fingerprint density at radius 2 is 1.55 bits per heavy atom. The molecular weight excluding hydrogens is 430 g/mol. The van der Waals surface area contributed by atoms with Gasteiger partial charge in [-0.2, -0.15) is 11.3 Å². The highest BCUT2D eigenvalue weighted by Crippen LogP contribution is 2.34. The van der Waals surface area contributed by atoms with E-state index >= 15 is 0 Å². The smallest absolute Gasteiger partial charge is 0.162 e. The van der Waals surface area contributed by atoms with Crippen LogP contribution in [0.4, 0.5) is 5.69 Å². The first kappa shape index (κ1) is 23.2. The van der Waals surface area contributed by atoms with Crippen LogP contribution in [0.15, 0.2) is 65.4 Å². The molecule has 2 aromatic carbocycles. The molecule has 0 bridgehead atoms. The fraction of sp³-hybridized carbons (Fsp3) is 0.333. The van der Waals surface area contributed by atoms with Crippen LogP contribution in [0.1, 0.15) is 11.3 Å². The molecule has 0 radical (unpaired) electrons. The van der Waals surface area contributed by atoms with E-state index in [0.717, 1.165) is 56.2 Å². The molecule has 0 unspecified atom stereocenters. The van der Waals surface area contributed by atoms with E-state index in [0.29, 0.717) is 0 Å². The lowest BCUT2D eigenvalue weighted by Crippen LogP contribution is -2.47. The third kappa shape index (κ3) is 5.70. The summed E-state index contributed by atoms with van der Waals surface area (Å²) < 4.78 is 10.9. The first-order chi connectivity index (χ1) is 16.2. The maximum absolute atomic E-state index is 5.50. The van der Waals surface area contributed by atoms with Crippen LogP contribution >= 0.6 is 11.3 Å². The number of thiophene rings is 1. The molecule has 5 rings (SSSR count). The number of anilines is 1. The molecule has 1 N–H and O–H groups in total. The number of rotatable bonds is 6. The molecule has 0 spiro atoms. The maximum Gasteiger partial charge on any atom is 0.162 e. The Labute approximate surface area is 200 Å². The van der Waals surface area contributed by atoms with Gasteiger partial charge >= 0.3 is 0 Å². The highest BCUT2D eigenvalue weighted by molar-refractivity contribution is 7.07. The number of H-pyrrole nitrogens is 1. The third-order valence-electron chi connectivity index (χ3n) is 6.22. The first-order valence-corrected chi connectivity index (χ1v) is 12.4. The summed E-state index contributed by atoms with van der Waals surface area (Å²) in [5.41, 5.74) is 5.05. The van der Waals surface area contributed by atoms with Crippen LogP contribution < -0.4 is 14.4 Å². The van der Waals surface area contributed by atoms with Crippen molar-refractivity contribution in [3.63, 3.8) is 0 Å². The fourth-order valence-corrected chi connectivity index (χ4v) is 4.85. The van der Waals surface area contributed by atoms with Crippen molar-refractivity contribution in [2.75, 3.05) is 51.8 Å². The van der Waals surface area contributed by atoms with Crippen molar-refractivity contribution in [2.45, 2.75) is 13.3 Å². The Kier molecular flexibility index (Phi) is 7.92. The molecule has 5 nitrogen and oxygen atoms in total. The van der Waals surface area contributed by atoms with Crippen LogP contribution in [0, 0.1) is 6.92 Å². The molecule has 174 valence electrons. The van der Waals surface area contributed by atoms with Crippen LogP contribution in [0.25, 0.3) is 10.9 Å². The summed E-state index contributed by atoms with van der Waals surface area (Å²) >= 11 is 1.71. The maximum atomic E-state index is 5.50. The first-order valence-electron chi connectivity index (χ1n) is 11.4. The minimum absolute atomic E-state index is 0.764. The lowest BCUT2D eigenvalue weighted by molar-refractivity contribution is 0.261. The number of ether oxygens (including phenoxy) is 2. The standard InChI is InChI=1S/C23H29N3O2.C4H4S/c1-17-19(20-15-22(27-2)23(28-3)16-21(20)24-17)9-10-25-11-13-26(14-12-25)18-7-5-4-6-8-18;1-2-4-5-3-1/h4-8,15-16,24H,9-14H2,1-3H3;1-4H. The van der Waals surface area contributed by atoms with Gasteiger partial charge in [-0.3, -0.25) is 4.90 Å². The summed E-state index contributed by atoms with van der Waals surface area (Å²) in [4.78, 5) is 8.55. The molecule has 0 saturated carbocycles. The summed E-state index contributed by atoms with van der Waals surface area (Å²) in [6.45, 7) is 7.61. The van der Waals surface area contributed by atoms with E-state index in [1.165, 1.54) is 22.3 Å². The van der Waals surface area contributed by atoms with E-state index in [1.807, 2.05) is 29.0 Å². The summed E-state index contributed by atoms with van der Waals surface area (Å²) in [5.74, 6) is 1.55. The number of hydrogen-bond acceptors (Lipinski definition) is 5. The van der Waals surface area contributed by atoms with Crippen LogP contribution in [0.3, 0.4) is 0 Å². The largest absolute Gasteiger partial charge is 0.493 e. The van der Waals surface area contributed by atoms with E-state index in [9.17, 15) is 0 Å². The second-order valence-corrected chi connectivity index (χ2v) is 9.01. The molecular formula is C27H33N3O2S. The number of nitrogens with zero attached hydrogens (tertiary/aromatic N) is 2. The summed E-state index contributed by atoms with van der Waals surface area (Å²) in [7, 11) is 3.37. The predicted molar refractivity (Wildman–Crippen MR) is 139 cm³/mol. The molecule has 0 atom stereocenters. The molecule has 3 heterocycles. The number of aromatic nitrogens is 1. The van der Waals surface area contributed by atoms with Gasteiger partial charge in [0.25, 0.3) is 0 Å². The number of aryl methyl sites for hydroxylation is 1. The van der Waals surface area contributed by atoms with Gasteiger partial charge in [0.05, 0.1) is 14.2 Å². The van der Waals surface area contributed by atoms with Gasteiger partial charge in [0.1, 0.15) is 0 Å². The summed E-state index contributed by atoms with van der Waals surface area (Å²) in [6.07, 6.45) is 1.03. The van der Waals surface area contributed by atoms with Gasteiger partial charge in [0.15, 0.2) is 11.5 Å². The monoisotopic (exact) mass is 463 g/mol. The predicted octanol–water partition coefficient (Wildman–Crippen LogP) is 5.61. The Bertz CT molecular complexity index is 1100. The fourth-order valence-electron chi connectivity index (χ4n) is 4.40. The van der Waals surface area contributed by atoms with Crippen molar-refractivity contribution in [3.05, 3.63) is 76.6 Å². The number of aromatic amines is 1. The Hall–Kier alpha value is -2.96. The lowest BCUT2D eigenvalue weighted by Gasteiger charge is -2.36. The highest BCUT2D eigenvalue weighted by Gasteiger charge is 2.19. The number of methoxy groups -OCH3 is 2. The Morgan fingerprint density at radius 1 is 0.879 bits per heavy atom. The van der Waals surface area contributed by atoms with E-state index in [2.05, 4.69) is 58.1 Å². The second kappa shape index (κ2) is 11.3. The van der Waals surface area contributed by atoms with Gasteiger partial charge in [0, 0.05) is 61.1 Å². The molecule has 0 amide bonds. The van der Waals surface area contributed by atoms with E-state index in [1.54, 1.807) is 25.6 Å². The van der Waals surface area contributed by atoms with Gasteiger partial charge in [-0.25, -0.2) is 0 Å². The molecule has 6 heteroatoms. The van der Waals surface area contributed by atoms with Crippen LogP contribution in [-0.4, -0.2) is 56.8 Å². The van der Waals surface area contributed by atoms with Gasteiger partial charge < -0.3 is 19.4 Å². The van der Waals surface area contributed by atoms with E-state index < -0.39 is 0 Å². The van der Waals surface area contributed by atoms with Crippen molar-refractivity contribution in [3.8, 4) is 11.5 Å². The molecule has 1 aliphatic rings. The zero-order chi connectivity index (χ0) is 23.0. The average molecular weight is 464 g/mol. The van der Waals surface area contributed by atoms with Crippen LogP contribution in [-0.2, 0) is 6.42 Å². The van der Waals surface area contributed by atoms with Crippen molar-refractivity contribution in [1.29, 1.82) is 0 Å². The number of benzene rings is 2. The van der Waals surface area contributed by atoms with Crippen molar-refractivity contribution in [2.24, 2.45) is 0 Å². The minimum atomic E-state index is 0.764. The molecule has 33 heavy (non-hydrogen) atoms. The lowest BCUT2D eigenvalue weighted by atomic mass is 10.1. The molecule has 1 fully saturated rings. The van der Waals surface area contributed by atoms with Crippen LogP contribution in [0.5, 0.6) is 11.5 Å². The number of para-hydroxylation sites is 1. The Morgan fingerprint density at radius 3 is 2.15 bits per heavy atom. The highest BCUT2D eigenvalue weighted by atomic mass is 32.1. The second-order valence-electron chi connectivity index (χ2n) is 8.19. The van der Waals surface area contributed by atoms with Gasteiger partial charge in [-0.1, -0.05) is 30.3 Å². The zero-order valence-corrected chi connectivity index (χ0v) is 20.5. The topological polar surface area (TPSA) is 40.7 Å². The number of nitrogens with one attached hydrogen (secondary N) is 1. The number of hydrogen-bond donors (Lipinski definition) is 1. The van der Waals surface area contributed by atoms with Crippen molar-refractivity contribution < 1.29 is 9.47 Å². The number of piperazine rings is 1. The van der Waals surface area contributed by atoms with Crippen LogP contribution in [0.2, 0.25) is 0 Å². The van der Waals surface area contributed by atoms with Gasteiger partial charge in [-0.15, -0.1) is 0 Å². The SMILES string of the molecule is COc1cc2[nH]c(C)c(CCN3CCN(c4ccccc4)CC3)c2cc1OC.c1ccsc1. The van der Waals surface area contributed by atoms with Gasteiger partial charge in [0.2, 0.25) is 0 Å². The summed E-state index contributed by atoms with van der Waals surface area (Å²) in [5, 5.41) is 5.32. The molecule has 2 aromatic heterocycles. The molecule has 1 aliphatic heterocycles. The molecule has 4 aromatic rings. The van der Waals surface area contributed by atoms with Gasteiger partial charge in [-0.05, 0) is 47.9 Å². The summed E-state index contributed by atoms with van der Waals surface area (Å²) in [6, 6.07) is 18.9. The van der Waals surface area contributed by atoms with Crippen molar-refractivity contribution in [1.82, 2.24) is 9.88 Å². The van der Waals surface area contributed by atoms with Crippen molar-refractivity contribution >= 4 is 27.9 Å². The average Bonchev–Trinajstić information content (AvgIpc) is 3.54. The molecule has 0 aliphatic carbocycles. The van der Waals surface area contributed by atoms with E-state index in [-0.39, 0.29) is 0 Å². The normalized spacial score (nSPS) is 14.1. The quantitative estimate of drug-likeness (QED) is 0.404. The zero-order valence-electron chi connectivity index (χ0n) is 19.7. The number of fused-ring (bicyclic) bond motifs is 1. The molecule has 1 saturated heterocycles.